The van der Waals surface area contributed by atoms with Gasteiger partial charge in [0.05, 0.1) is 40.4 Å². The number of imidazole rings is 1. The van der Waals surface area contributed by atoms with Crippen molar-refractivity contribution in [2.24, 2.45) is 0 Å². The number of hydrogen-bond acceptors (Lipinski definition) is 5. The molecule has 0 saturated carbocycles. The van der Waals surface area contributed by atoms with E-state index in [4.69, 9.17) is 16.7 Å². The highest BCUT2D eigenvalue weighted by atomic mass is 35.5. The van der Waals surface area contributed by atoms with Gasteiger partial charge in [-0.1, -0.05) is 24.6 Å². The van der Waals surface area contributed by atoms with E-state index >= 15 is 0 Å². The molecule has 1 unspecified atom stereocenters. The van der Waals surface area contributed by atoms with Crippen molar-refractivity contribution in [1.82, 2.24) is 34.7 Å². The Kier molecular flexibility index (Phi) is 5.08. The third-order valence-corrected chi connectivity index (χ3v) is 7.05. The second kappa shape index (κ2) is 8.24. The molecule has 166 valence electrons. The zero-order chi connectivity index (χ0) is 22.4. The first-order valence-electron chi connectivity index (χ1n) is 11.3. The summed E-state index contributed by atoms with van der Waals surface area (Å²) < 4.78 is 4.01. The fourth-order valence-electron chi connectivity index (χ4n) is 4.71. The molecule has 0 aliphatic carbocycles. The smallest absolute Gasteiger partial charge is 0.153 e. The Morgan fingerprint density at radius 1 is 1.06 bits per heavy atom. The number of hydrogen-bond donors (Lipinski definition) is 1. The van der Waals surface area contributed by atoms with Crippen LogP contribution in [0.5, 0.6) is 0 Å². The molecule has 5 heterocycles. The van der Waals surface area contributed by atoms with Crippen LogP contribution in [0.3, 0.4) is 0 Å². The van der Waals surface area contributed by atoms with Crippen molar-refractivity contribution >= 4 is 28.2 Å². The lowest BCUT2D eigenvalue weighted by Gasteiger charge is -2.22. The van der Waals surface area contributed by atoms with Crippen LogP contribution in [0.1, 0.15) is 43.0 Å². The van der Waals surface area contributed by atoms with Gasteiger partial charge in [0.25, 0.3) is 0 Å². The number of aromatic nitrogens is 6. The number of benzene rings is 1. The number of rotatable bonds is 4. The minimum atomic E-state index is 0.0114. The summed E-state index contributed by atoms with van der Waals surface area (Å²) >= 11 is 6.80. The average Bonchev–Trinajstić information content (AvgIpc) is 3.52. The van der Waals surface area contributed by atoms with E-state index in [2.05, 4.69) is 44.3 Å². The van der Waals surface area contributed by atoms with Crippen molar-refractivity contribution in [3.8, 4) is 11.3 Å². The van der Waals surface area contributed by atoms with Gasteiger partial charge < -0.3 is 5.32 Å². The van der Waals surface area contributed by atoms with Gasteiger partial charge in [-0.25, -0.2) is 9.50 Å². The third kappa shape index (κ3) is 3.57. The Hall–Kier alpha value is -3.29. The fraction of sp³-hybridized carbons (Fsp3) is 0.280. The lowest BCUT2D eigenvalue weighted by molar-refractivity contribution is 0.343. The molecule has 1 atom stereocenters. The van der Waals surface area contributed by atoms with Crippen molar-refractivity contribution in [2.75, 3.05) is 13.1 Å². The van der Waals surface area contributed by atoms with Crippen LogP contribution in [0, 0.1) is 0 Å². The molecule has 4 aromatic heterocycles. The molecule has 1 aliphatic rings. The molecular weight excluding hydrogens is 434 g/mol. The molecule has 5 aromatic rings. The fourth-order valence-corrected chi connectivity index (χ4v) is 5.09. The van der Waals surface area contributed by atoms with Gasteiger partial charge in [0.2, 0.25) is 0 Å². The first kappa shape index (κ1) is 20.3. The van der Waals surface area contributed by atoms with E-state index in [1.54, 1.807) is 6.20 Å². The monoisotopic (exact) mass is 457 g/mol. The minimum Gasteiger partial charge on any atom is -0.317 e. The highest BCUT2D eigenvalue weighted by Gasteiger charge is 2.20. The summed E-state index contributed by atoms with van der Waals surface area (Å²) in [5.74, 6) is 0.0114. The van der Waals surface area contributed by atoms with Crippen LogP contribution in [0.25, 0.3) is 27.8 Å². The SMILES string of the molecule is CC(c1ccc2ncccc2c1Cl)c1cnc2ccc(-c3cnn(C4CCNCC4)c3)nn12. The van der Waals surface area contributed by atoms with Crippen LogP contribution < -0.4 is 5.32 Å². The van der Waals surface area contributed by atoms with E-state index in [0.717, 1.165) is 70.0 Å². The van der Waals surface area contributed by atoms with E-state index in [-0.39, 0.29) is 5.92 Å². The Bertz CT molecular complexity index is 1450. The summed E-state index contributed by atoms with van der Waals surface area (Å²) in [6.45, 7) is 4.21. The standard InChI is InChI=1S/C25H24ClN7/c1-16(19-4-5-22-20(25(19)26)3-2-10-28-22)23-14-29-24-7-6-21(31-33(23)24)17-13-30-32(15-17)18-8-11-27-12-9-18/h2-7,10,13-16,18,27H,8-9,11-12H2,1H3. The molecule has 1 aromatic carbocycles. The Labute approximate surface area is 196 Å². The topological polar surface area (TPSA) is 72.9 Å². The lowest BCUT2D eigenvalue weighted by Crippen LogP contribution is -2.29. The van der Waals surface area contributed by atoms with E-state index < -0.39 is 0 Å². The van der Waals surface area contributed by atoms with Crippen LogP contribution in [0.4, 0.5) is 0 Å². The molecule has 33 heavy (non-hydrogen) atoms. The van der Waals surface area contributed by atoms with Gasteiger partial charge in [0.1, 0.15) is 0 Å². The van der Waals surface area contributed by atoms with Gasteiger partial charge in [-0.2, -0.15) is 10.2 Å². The second-order valence-electron chi connectivity index (χ2n) is 8.62. The maximum absolute atomic E-state index is 6.80. The summed E-state index contributed by atoms with van der Waals surface area (Å²) in [4.78, 5) is 9.00. The molecule has 6 rings (SSSR count). The highest BCUT2D eigenvalue weighted by molar-refractivity contribution is 6.36. The molecule has 8 heteroatoms. The maximum Gasteiger partial charge on any atom is 0.153 e. The van der Waals surface area contributed by atoms with Crippen molar-refractivity contribution < 1.29 is 0 Å². The number of nitrogens with zero attached hydrogens (tertiary/aromatic N) is 6. The highest BCUT2D eigenvalue weighted by Crippen LogP contribution is 2.35. The Morgan fingerprint density at radius 3 is 2.82 bits per heavy atom. The molecule has 1 fully saturated rings. The van der Waals surface area contributed by atoms with Crippen LogP contribution in [0.2, 0.25) is 5.02 Å². The summed E-state index contributed by atoms with van der Waals surface area (Å²) in [7, 11) is 0. The lowest BCUT2D eigenvalue weighted by atomic mass is 9.96. The predicted octanol–water partition coefficient (Wildman–Crippen LogP) is 4.87. The van der Waals surface area contributed by atoms with Gasteiger partial charge in [0, 0.05) is 29.3 Å². The Morgan fingerprint density at radius 2 is 1.94 bits per heavy atom. The second-order valence-corrected chi connectivity index (χ2v) is 9.00. The van der Waals surface area contributed by atoms with Gasteiger partial charge >= 0.3 is 0 Å². The number of pyridine rings is 1. The van der Waals surface area contributed by atoms with Crippen LogP contribution in [0.15, 0.2) is 61.2 Å². The number of piperidine rings is 1. The summed E-state index contributed by atoms with van der Waals surface area (Å²) in [5.41, 5.74) is 5.61. The summed E-state index contributed by atoms with van der Waals surface area (Å²) in [6.07, 6.45) is 9.88. The normalized spacial score (nSPS) is 15.9. The average molecular weight is 458 g/mol. The number of nitrogens with one attached hydrogen (secondary N) is 1. The molecule has 1 aliphatic heterocycles. The van der Waals surface area contributed by atoms with E-state index in [9.17, 15) is 0 Å². The minimum absolute atomic E-state index is 0.0114. The molecule has 7 nitrogen and oxygen atoms in total. The summed E-state index contributed by atoms with van der Waals surface area (Å²) in [6, 6.07) is 12.4. The zero-order valence-corrected chi connectivity index (χ0v) is 19.1. The van der Waals surface area contributed by atoms with Crippen LogP contribution >= 0.6 is 11.6 Å². The quantitative estimate of drug-likeness (QED) is 0.416. The molecule has 0 bridgehead atoms. The van der Waals surface area contributed by atoms with Crippen LogP contribution in [-0.2, 0) is 0 Å². The molecule has 0 amide bonds. The molecule has 1 N–H and O–H groups in total. The molecule has 0 spiro atoms. The van der Waals surface area contributed by atoms with Gasteiger partial charge in [0.15, 0.2) is 5.65 Å². The largest absolute Gasteiger partial charge is 0.317 e. The van der Waals surface area contributed by atoms with E-state index in [1.807, 2.05) is 47.2 Å². The first-order chi connectivity index (χ1) is 16.2. The Balaban J connectivity index is 1.37. The van der Waals surface area contributed by atoms with E-state index in [1.165, 1.54) is 0 Å². The molecular formula is C25H24ClN7. The zero-order valence-electron chi connectivity index (χ0n) is 18.3. The van der Waals surface area contributed by atoms with Crippen LogP contribution in [-0.4, -0.2) is 42.5 Å². The van der Waals surface area contributed by atoms with Gasteiger partial charge in [-0.05, 0) is 61.8 Å². The first-order valence-corrected chi connectivity index (χ1v) is 11.7. The molecule has 1 saturated heterocycles. The van der Waals surface area contributed by atoms with E-state index in [0.29, 0.717) is 6.04 Å². The maximum atomic E-state index is 6.80. The van der Waals surface area contributed by atoms with Crippen molar-refractivity contribution in [3.63, 3.8) is 0 Å². The summed E-state index contributed by atoms with van der Waals surface area (Å²) in [5, 5.41) is 14.7. The van der Waals surface area contributed by atoms with Gasteiger partial charge in [-0.15, -0.1) is 0 Å². The number of halogens is 1. The molecule has 0 radical (unpaired) electrons. The van der Waals surface area contributed by atoms with Crippen molar-refractivity contribution in [2.45, 2.75) is 31.7 Å². The third-order valence-electron chi connectivity index (χ3n) is 6.63. The van der Waals surface area contributed by atoms with Crippen molar-refractivity contribution in [1.29, 1.82) is 0 Å². The van der Waals surface area contributed by atoms with Gasteiger partial charge in [-0.3, -0.25) is 9.67 Å². The van der Waals surface area contributed by atoms with Crippen molar-refractivity contribution in [3.05, 3.63) is 77.5 Å². The predicted molar refractivity (Wildman–Crippen MR) is 130 cm³/mol. The number of fused-ring (bicyclic) bond motifs is 2.